The van der Waals surface area contributed by atoms with Crippen molar-refractivity contribution in [3.8, 4) is 0 Å². The number of ether oxygens (including phenoxy) is 1. The molecule has 2 fully saturated rings. The molecule has 0 heterocycles. The zero-order valence-corrected chi connectivity index (χ0v) is 15.0. The summed E-state index contributed by atoms with van der Waals surface area (Å²) in [6.45, 7) is 1.56. The molecular formula is C19H22ClNO4. The third-order valence-electron chi connectivity index (χ3n) is 5.13. The van der Waals surface area contributed by atoms with Gasteiger partial charge in [0.05, 0.1) is 16.6 Å². The van der Waals surface area contributed by atoms with E-state index in [2.05, 4.69) is 5.32 Å². The van der Waals surface area contributed by atoms with Crippen LogP contribution in [0.25, 0.3) is 0 Å². The number of anilines is 1. The summed E-state index contributed by atoms with van der Waals surface area (Å²) in [5, 5.41) is 3.08. The molecule has 6 heteroatoms. The van der Waals surface area contributed by atoms with Gasteiger partial charge in [0.1, 0.15) is 5.78 Å². The van der Waals surface area contributed by atoms with Crippen LogP contribution >= 0.6 is 11.6 Å². The molecule has 0 aromatic heterocycles. The Hall–Kier alpha value is -1.88. The van der Waals surface area contributed by atoms with Crippen LogP contribution in [0.3, 0.4) is 0 Å². The average Bonchev–Trinajstić information content (AvgIpc) is 2.55. The first-order valence-electron chi connectivity index (χ1n) is 8.70. The van der Waals surface area contributed by atoms with Gasteiger partial charge in [0.2, 0.25) is 0 Å². The Morgan fingerprint density at radius 1 is 1.24 bits per heavy atom. The molecule has 1 aromatic rings. The minimum Gasteiger partial charge on any atom is -0.455 e. The van der Waals surface area contributed by atoms with E-state index in [4.69, 9.17) is 16.3 Å². The molecule has 1 N–H and O–H groups in total. The van der Waals surface area contributed by atoms with Crippen molar-refractivity contribution in [1.82, 2.24) is 0 Å². The number of aryl methyl sites for hydroxylation is 1. The number of halogens is 1. The van der Waals surface area contributed by atoms with E-state index in [9.17, 15) is 14.4 Å². The van der Waals surface area contributed by atoms with E-state index in [1.165, 1.54) is 0 Å². The number of hydrogen-bond acceptors (Lipinski definition) is 4. The Balaban J connectivity index is 1.50. The number of carbonyl (C=O) groups is 3. The molecule has 0 spiro atoms. The van der Waals surface area contributed by atoms with E-state index in [0.29, 0.717) is 29.3 Å². The minimum atomic E-state index is -0.425. The molecule has 0 aliphatic heterocycles. The number of amides is 1. The summed E-state index contributed by atoms with van der Waals surface area (Å²) >= 11 is 6.07. The third kappa shape index (κ3) is 4.21. The van der Waals surface area contributed by atoms with E-state index in [1.54, 1.807) is 12.1 Å². The molecule has 2 bridgehead atoms. The van der Waals surface area contributed by atoms with Crippen LogP contribution in [0.2, 0.25) is 5.02 Å². The van der Waals surface area contributed by atoms with Crippen molar-refractivity contribution in [3.05, 3.63) is 28.8 Å². The lowest BCUT2D eigenvalue weighted by molar-refractivity contribution is -0.155. The molecule has 0 saturated heterocycles. The van der Waals surface area contributed by atoms with Gasteiger partial charge < -0.3 is 10.1 Å². The Morgan fingerprint density at radius 3 is 2.56 bits per heavy atom. The van der Waals surface area contributed by atoms with Crippen molar-refractivity contribution in [1.29, 1.82) is 0 Å². The maximum atomic E-state index is 12.3. The molecule has 3 atom stereocenters. The predicted molar refractivity (Wildman–Crippen MR) is 94.3 cm³/mol. The normalized spacial score (nSPS) is 25.4. The van der Waals surface area contributed by atoms with Gasteiger partial charge in [0, 0.05) is 11.8 Å². The second-order valence-corrected chi connectivity index (χ2v) is 7.44. The van der Waals surface area contributed by atoms with E-state index >= 15 is 0 Å². The number of benzene rings is 1. The summed E-state index contributed by atoms with van der Waals surface area (Å²) < 4.78 is 5.17. The fraction of sp³-hybridized carbons (Fsp3) is 0.526. The summed E-state index contributed by atoms with van der Waals surface area (Å²) in [4.78, 5) is 36.3. The zero-order valence-electron chi connectivity index (χ0n) is 14.2. The van der Waals surface area contributed by atoms with Crippen molar-refractivity contribution in [2.75, 3.05) is 11.9 Å². The summed E-state index contributed by atoms with van der Waals surface area (Å²) in [5.74, 6) is -0.790. The standard InChI is InChI=1S/C19H22ClNO4/c1-11-5-6-16(15(20)7-11)21-17(22)10-25-19(24)14-8-12-3-2-4-13(9-14)18(12)23/h5-7,12-14H,2-4,8-10H2,1H3,(H,21,22)/t12-,13+,14?. The first kappa shape index (κ1) is 17.9. The molecule has 3 rings (SSSR count). The number of nitrogens with one attached hydrogen (secondary N) is 1. The van der Waals surface area contributed by atoms with Crippen LogP contribution in [0.15, 0.2) is 18.2 Å². The molecule has 1 amide bonds. The van der Waals surface area contributed by atoms with E-state index in [0.717, 1.165) is 24.8 Å². The van der Waals surface area contributed by atoms with Crippen molar-refractivity contribution in [3.63, 3.8) is 0 Å². The minimum absolute atomic E-state index is 0.00904. The monoisotopic (exact) mass is 363 g/mol. The number of ketones is 1. The lowest BCUT2D eigenvalue weighted by Crippen LogP contribution is -2.40. The quantitative estimate of drug-likeness (QED) is 0.830. The number of fused-ring (bicyclic) bond motifs is 2. The first-order chi connectivity index (χ1) is 11.9. The molecule has 1 aromatic carbocycles. The van der Waals surface area contributed by atoms with Crippen molar-refractivity contribution < 1.29 is 19.1 Å². The zero-order chi connectivity index (χ0) is 18.0. The van der Waals surface area contributed by atoms with E-state index in [-0.39, 0.29) is 30.3 Å². The van der Waals surface area contributed by atoms with Gasteiger partial charge in [-0.1, -0.05) is 24.1 Å². The summed E-state index contributed by atoms with van der Waals surface area (Å²) in [6.07, 6.45) is 3.90. The van der Waals surface area contributed by atoms with Gasteiger partial charge in [0.25, 0.3) is 5.91 Å². The molecule has 2 saturated carbocycles. The SMILES string of the molecule is Cc1ccc(NC(=O)COC(=O)C2C[C@H]3CCC[C@@H](C2)C3=O)c(Cl)c1. The highest BCUT2D eigenvalue weighted by atomic mass is 35.5. The number of esters is 1. The van der Waals surface area contributed by atoms with Crippen LogP contribution in [0.4, 0.5) is 5.69 Å². The van der Waals surface area contributed by atoms with Gasteiger partial charge in [-0.05, 0) is 50.3 Å². The van der Waals surface area contributed by atoms with Crippen LogP contribution < -0.4 is 5.32 Å². The largest absolute Gasteiger partial charge is 0.455 e. The lowest BCUT2D eigenvalue weighted by Gasteiger charge is -2.36. The molecule has 1 unspecified atom stereocenters. The number of carbonyl (C=O) groups excluding carboxylic acids is 3. The second kappa shape index (κ2) is 7.56. The fourth-order valence-electron chi connectivity index (χ4n) is 3.83. The Morgan fingerprint density at radius 2 is 1.92 bits per heavy atom. The first-order valence-corrected chi connectivity index (χ1v) is 9.08. The van der Waals surface area contributed by atoms with Crippen molar-refractivity contribution in [2.24, 2.45) is 17.8 Å². The highest BCUT2D eigenvalue weighted by molar-refractivity contribution is 6.33. The van der Waals surface area contributed by atoms with Gasteiger partial charge in [-0.3, -0.25) is 14.4 Å². The number of Topliss-reactive ketones (excluding diaryl/α,β-unsaturated/α-hetero) is 1. The van der Waals surface area contributed by atoms with Crippen LogP contribution in [0, 0.1) is 24.7 Å². The highest BCUT2D eigenvalue weighted by Gasteiger charge is 2.41. The average molecular weight is 364 g/mol. The molecule has 2 aliphatic carbocycles. The Labute approximate surface area is 152 Å². The third-order valence-corrected chi connectivity index (χ3v) is 5.44. The summed E-state index contributed by atoms with van der Waals surface area (Å²) in [7, 11) is 0. The topological polar surface area (TPSA) is 72.5 Å². The predicted octanol–water partition coefficient (Wildman–Crippen LogP) is 3.53. The smallest absolute Gasteiger partial charge is 0.309 e. The molecule has 5 nitrogen and oxygen atoms in total. The van der Waals surface area contributed by atoms with E-state index in [1.807, 2.05) is 13.0 Å². The van der Waals surface area contributed by atoms with Crippen LogP contribution in [-0.2, 0) is 19.1 Å². The van der Waals surface area contributed by atoms with Gasteiger partial charge >= 0.3 is 5.97 Å². The Kier molecular flexibility index (Phi) is 5.42. The van der Waals surface area contributed by atoms with Crippen molar-refractivity contribution >= 4 is 34.9 Å². The molecular weight excluding hydrogens is 342 g/mol. The Bertz CT molecular complexity index is 687. The van der Waals surface area contributed by atoms with E-state index < -0.39 is 5.91 Å². The maximum absolute atomic E-state index is 12.3. The van der Waals surface area contributed by atoms with Crippen LogP contribution in [0.1, 0.15) is 37.7 Å². The lowest BCUT2D eigenvalue weighted by atomic mass is 9.67. The van der Waals surface area contributed by atoms with Gasteiger partial charge in [0.15, 0.2) is 6.61 Å². The molecule has 25 heavy (non-hydrogen) atoms. The fourth-order valence-corrected chi connectivity index (χ4v) is 4.12. The van der Waals surface area contributed by atoms with Gasteiger partial charge in [-0.2, -0.15) is 0 Å². The molecule has 0 radical (unpaired) electrons. The molecule has 134 valence electrons. The number of rotatable bonds is 4. The maximum Gasteiger partial charge on any atom is 0.309 e. The molecule has 2 aliphatic rings. The van der Waals surface area contributed by atoms with Gasteiger partial charge in [-0.15, -0.1) is 0 Å². The van der Waals surface area contributed by atoms with Gasteiger partial charge in [-0.25, -0.2) is 0 Å². The van der Waals surface area contributed by atoms with Crippen LogP contribution in [0.5, 0.6) is 0 Å². The second-order valence-electron chi connectivity index (χ2n) is 7.03. The van der Waals surface area contributed by atoms with Crippen molar-refractivity contribution in [2.45, 2.75) is 39.0 Å². The highest BCUT2D eigenvalue weighted by Crippen LogP contribution is 2.40. The summed E-state index contributed by atoms with van der Waals surface area (Å²) in [6, 6.07) is 5.30. The van der Waals surface area contributed by atoms with Crippen LogP contribution in [-0.4, -0.2) is 24.3 Å². The number of hydrogen-bond donors (Lipinski definition) is 1. The summed E-state index contributed by atoms with van der Waals surface area (Å²) in [5.41, 5.74) is 1.48.